The Hall–Kier alpha value is -3.86. The molecule has 3 aromatic rings. The van der Waals surface area contributed by atoms with Crippen molar-refractivity contribution < 1.29 is 14.3 Å². The van der Waals surface area contributed by atoms with E-state index in [-0.39, 0.29) is 17.5 Å². The predicted molar refractivity (Wildman–Crippen MR) is 132 cm³/mol. The van der Waals surface area contributed by atoms with E-state index in [2.05, 4.69) is 5.32 Å². The highest BCUT2D eigenvalue weighted by atomic mass is 16.5. The van der Waals surface area contributed by atoms with Gasteiger partial charge in [-0.25, -0.2) is 4.90 Å². The number of hydrogen-bond donors (Lipinski definition) is 1. The number of imide groups is 1. The summed E-state index contributed by atoms with van der Waals surface area (Å²) >= 11 is 0. The van der Waals surface area contributed by atoms with Crippen molar-refractivity contribution in [3.8, 4) is 5.75 Å². The Morgan fingerprint density at radius 2 is 1.58 bits per heavy atom. The molecule has 0 atom stereocenters. The second kappa shape index (κ2) is 9.33. The van der Waals surface area contributed by atoms with Crippen molar-refractivity contribution in [3.05, 3.63) is 94.7 Å². The number of aryl methyl sites for hydroxylation is 3. The van der Waals surface area contributed by atoms with Crippen LogP contribution in [0.3, 0.4) is 0 Å². The van der Waals surface area contributed by atoms with Crippen LogP contribution in [0.25, 0.3) is 5.57 Å². The molecule has 3 aromatic carbocycles. The van der Waals surface area contributed by atoms with Gasteiger partial charge in [-0.2, -0.15) is 0 Å². The number of nitrogens with zero attached hydrogens (tertiary/aromatic N) is 1. The van der Waals surface area contributed by atoms with E-state index >= 15 is 0 Å². The zero-order chi connectivity index (χ0) is 23.5. The average molecular weight is 441 g/mol. The molecule has 1 heterocycles. The van der Waals surface area contributed by atoms with Gasteiger partial charge in [0.15, 0.2) is 0 Å². The zero-order valence-electron chi connectivity index (χ0n) is 19.4. The minimum Gasteiger partial charge on any atom is -0.494 e. The summed E-state index contributed by atoms with van der Waals surface area (Å²) in [7, 11) is 0. The Bertz CT molecular complexity index is 1240. The Morgan fingerprint density at radius 1 is 0.848 bits per heavy atom. The molecule has 1 N–H and O–H groups in total. The van der Waals surface area contributed by atoms with Gasteiger partial charge in [0.1, 0.15) is 11.4 Å². The van der Waals surface area contributed by atoms with E-state index in [4.69, 9.17) is 4.74 Å². The van der Waals surface area contributed by atoms with Crippen LogP contribution < -0.4 is 15.0 Å². The van der Waals surface area contributed by atoms with Gasteiger partial charge < -0.3 is 10.1 Å². The van der Waals surface area contributed by atoms with E-state index in [1.807, 2.05) is 94.4 Å². The molecule has 168 valence electrons. The molecule has 0 unspecified atom stereocenters. The summed E-state index contributed by atoms with van der Waals surface area (Å²) in [6.07, 6.45) is 0.912. The molecule has 0 saturated heterocycles. The normalized spacial score (nSPS) is 13.6. The van der Waals surface area contributed by atoms with Crippen molar-refractivity contribution in [2.45, 2.75) is 34.1 Å². The molecule has 0 bridgehead atoms. The lowest BCUT2D eigenvalue weighted by Gasteiger charge is -2.18. The van der Waals surface area contributed by atoms with Gasteiger partial charge in [-0.05, 0) is 79.8 Å². The van der Waals surface area contributed by atoms with Gasteiger partial charge in [0.05, 0.1) is 17.9 Å². The molecule has 0 aliphatic carbocycles. The molecular weight excluding hydrogens is 412 g/mol. The second-order valence-corrected chi connectivity index (χ2v) is 8.35. The van der Waals surface area contributed by atoms with Gasteiger partial charge in [0, 0.05) is 5.69 Å². The van der Waals surface area contributed by atoms with Crippen LogP contribution in [0.4, 0.5) is 11.4 Å². The minimum absolute atomic E-state index is 0.272. The zero-order valence-corrected chi connectivity index (χ0v) is 19.4. The fourth-order valence-corrected chi connectivity index (χ4v) is 3.90. The number of hydrogen-bond acceptors (Lipinski definition) is 4. The molecule has 1 aliphatic rings. The summed E-state index contributed by atoms with van der Waals surface area (Å²) in [5.41, 5.74) is 5.55. The summed E-state index contributed by atoms with van der Waals surface area (Å²) in [5, 5.41) is 3.23. The molecule has 2 amide bonds. The minimum atomic E-state index is -0.364. The van der Waals surface area contributed by atoms with Crippen LogP contribution in [-0.4, -0.2) is 18.4 Å². The van der Waals surface area contributed by atoms with Crippen molar-refractivity contribution in [2.24, 2.45) is 0 Å². The summed E-state index contributed by atoms with van der Waals surface area (Å²) in [5.74, 6) is 0.0279. The number of carbonyl (C=O) groups excluding carboxylic acids is 2. The Labute approximate surface area is 194 Å². The van der Waals surface area contributed by atoms with Crippen LogP contribution in [0, 0.1) is 20.8 Å². The molecule has 0 aromatic heterocycles. The topological polar surface area (TPSA) is 58.6 Å². The molecule has 0 radical (unpaired) electrons. The summed E-state index contributed by atoms with van der Waals surface area (Å²) in [4.78, 5) is 28.6. The third-order valence-electron chi connectivity index (χ3n) is 5.59. The molecule has 0 spiro atoms. The third kappa shape index (κ3) is 4.53. The Balaban J connectivity index is 1.79. The van der Waals surface area contributed by atoms with Gasteiger partial charge in [0.2, 0.25) is 0 Å². The van der Waals surface area contributed by atoms with Gasteiger partial charge in [-0.15, -0.1) is 0 Å². The molecular formula is C28H28N2O3. The van der Waals surface area contributed by atoms with Crippen molar-refractivity contribution in [1.29, 1.82) is 0 Å². The Morgan fingerprint density at radius 3 is 2.27 bits per heavy atom. The van der Waals surface area contributed by atoms with Gasteiger partial charge in [0.25, 0.3) is 11.8 Å². The van der Waals surface area contributed by atoms with Crippen LogP contribution in [0.1, 0.15) is 35.6 Å². The van der Waals surface area contributed by atoms with Crippen LogP contribution in [-0.2, 0) is 9.59 Å². The highest BCUT2D eigenvalue weighted by Gasteiger charge is 2.40. The molecule has 33 heavy (non-hydrogen) atoms. The first-order chi connectivity index (χ1) is 15.9. The first-order valence-corrected chi connectivity index (χ1v) is 11.2. The fourth-order valence-electron chi connectivity index (χ4n) is 3.90. The number of benzene rings is 3. The molecule has 5 nitrogen and oxygen atoms in total. The van der Waals surface area contributed by atoms with Gasteiger partial charge in [-0.3, -0.25) is 9.59 Å². The fraction of sp³-hybridized carbons (Fsp3) is 0.214. The number of carbonyl (C=O) groups is 2. The molecule has 4 rings (SSSR count). The molecule has 1 aliphatic heterocycles. The van der Waals surface area contributed by atoms with Crippen LogP contribution >= 0.6 is 0 Å². The smallest absolute Gasteiger partial charge is 0.282 e. The number of nitrogens with one attached hydrogen (secondary N) is 1. The van der Waals surface area contributed by atoms with Gasteiger partial charge in [-0.1, -0.05) is 43.3 Å². The summed E-state index contributed by atoms with van der Waals surface area (Å²) in [6, 6.07) is 20.8. The maximum absolute atomic E-state index is 13.7. The molecule has 5 heteroatoms. The van der Waals surface area contributed by atoms with Crippen molar-refractivity contribution in [1.82, 2.24) is 0 Å². The molecule has 0 saturated carbocycles. The third-order valence-corrected chi connectivity index (χ3v) is 5.59. The lowest BCUT2D eigenvalue weighted by atomic mass is 10.0. The number of rotatable bonds is 7. The van der Waals surface area contributed by atoms with E-state index in [0.29, 0.717) is 23.4 Å². The molecule has 0 fully saturated rings. The van der Waals surface area contributed by atoms with Crippen molar-refractivity contribution in [2.75, 3.05) is 16.8 Å². The SMILES string of the molecule is CCCOc1ccc(C2=C(Nc3cccc(C)c3)C(=O)N(c3cc(C)ccc3C)C2=O)cc1. The van der Waals surface area contributed by atoms with Crippen LogP contribution in [0.15, 0.2) is 72.4 Å². The largest absolute Gasteiger partial charge is 0.494 e. The standard InChI is InChI=1S/C28H28N2O3/c1-5-15-33-23-13-11-21(12-14-23)25-26(29-22-8-6-7-18(2)16-22)28(32)30(27(25)31)24-17-19(3)9-10-20(24)4/h6-14,16-17,29H,5,15H2,1-4H3. The van der Waals surface area contributed by atoms with Crippen LogP contribution in [0.2, 0.25) is 0 Å². The van der Waals surface area contributed by atoms with E-state index in [0.717, 1.165) is 34.5 Å². The maximum Gasteiger partial charge on any atom is 0.282 e. The first-order valence-electron chi connectivity index (χ1n) is 11.2. The highest BCUT2D eigenvalue weighted by molar-refractivity contribution is 6.46. The number of anilines is 2. The number of ether oxygens (including phenoxy) is 1. The highest BCUT2D eigenvalue weighted by Crippen LogP contribution is 2.36. The van der Waals surface area contributed by atoms with E-state index in [1.54, 1.807) is 0 Å². The summed E-state index contributed by atoms with van der Waals surface area (Å²) in [6.45, 7) is 8.51. The number of amides is 2. The second-order valence-electron chi connectivity index (χ2n) is 8.35. The van der Waals surface area contributed by atoms with E-state index in [1.165, 1.54) is 4.90 Å². The lowest BCUT2D eigenvalue weighted by molar-refractivity contribution is -0.120. The van der Waals surface area contributed by atoms with E-state index in [9.17, 15) is 9.59 Å². The summed E-state index contributed by atoms with van der Waals surface area (Å²) < 4.78 is 5.68. The average Bonchev–Trinajstić information content (AvgIpc) is 3.03. The predicted octanol–water partition coefficient (Wildman–Crippen LogP) is 5.80. The van der Waals surface area contributed by atoms with Crippen molar-refractivity contribution >= 4 is 28.8 Å². The first kappa shape index (κ1) is 22.3. The lowest BCUT2D eigenvalue weighted by Crippen LogP contribution is -2.33. The quantitative estimate of drug-likeness (QED) is 0.472. The monoisotopic (exact) mass is 440 g/mol. The van der Waals surface area contributed by atoms with Crippen LogP contribution in [0.5, 0.6) is 5.75 Å². The van der Waals surface area contributed by atoms with Crippen molar-refractivity contribution in [3.63, 3.8) is 0 Å². The van der Waals surface area contributed by atoms with Gasteiger partial charge >= 0.3 is 0 Å². The maximum atomic E-state index is 13.7. The Kier molecular flexibility index (Phi) is 6.31. The van der Waals surface area contributed by atoms with E-state index < -0.39 is 0 Å².